The number of rotatable bonds is 8. The molecule has 306 valence electrons. The number of anilines is 3. The molecule has 0 atom stereocenters. The summed E-state index contributed by atoms with van der Waals surface area (Å²) >= 11 is 0. The lowest BCUT2D eigenvalue weighted by Crippen LogP contribution is -2.13. The van der Waals surface area contributed by atoms with Crippen LogP contribution < -0.4 is 4.90 Å². The molecule has 0 N–H and O–H groups in total. The summed E-state index contributed by atoms with van der Waals surface area (Å²) in [7, 11) is 0. The highest BCUT2D eigenvalue weighted by Gasteiger charge is 2.29. The first-order valence-electron chi connectivity index (χ1n) is 21.9. The van der Waals surface area contributed by atoms with Gasteiger partial charge >= 0.3 is 0 Å². The Labute approximate surface area is 376 Å². The molecule has 3 heterocycles. The maximum absolute atomic E-state index is 11.3. The summed E-state index contributed by atoms with van der Waals surface area (Å²) in [5.74, 6) is 0.557. The molecule has 0 fully saturated rings. The fourth-order valence-corrected chi connectivity index (χ4v) is 9.59. The van der Waals surface area contributed by atoms with Gasteiger partial charge in [0.25, 0.3) is 0 Å². The standard InChI is InChI=1S/C59H39N5O/c60-38-45-34-43(56-55-48-28-16-17-29-54(48)65-59(55)62-58(61-56)41-22-10-3-11-23-41)31-32-51(45)64-52-33-30-42(39-18-6-1-7-19-39)35-49(52)50-36-44(40-20-8-2-9-21-40)37-53(57(50)64)63(46-24-12-4-13-25-46)47-26-14-5-15-27-47/h1-29,31-32,34-37H,30,33H2. The third kappa shape index (κ3) is 6.57. The third-order valence-electron chi connectivity index (χ3n) is 12.6. The molecule has 0 saturated heterocycles. The van der Waals surface area contributed by atoms with Crippen molar-refractivity contribution in [3.63, 3.8) is 0 Å². The molecule has 6 heteroatoms. The van der Waals surface area contributed by atoms with Gasteiger partial charge in [-0.25, -0.2) is 4.98 Å². The van der Waals surface area contributed by atoms with Gasteiger partial charge in [-0.05, 0) is 95.8 Å². The van der Waals surface area contributed by atoms with Gasteiger partial charge in [0.05, 0.1) is 33.5 Å². The smallest absolute Gasteiger partial charge is 0.231 e. The topological polar surface area (TPSA) is 70.9 Å². The Bertz CT molecular complexity index is 3610. The second-order valence-corrected chi connectivity index (χ2v) is 16.4. The van der Waals surface area contributed by atoms with E-state index >= 15 is 0 Å². The van der Waals surface area contributed by atoms with Crippen molar-refractivity contribution in [3.05, 3.63) is 229 Å². The van der Waals surface area contributed by atoms with Gasteiger partial charge in [0.15, 0.2) is 5.82 Å². The SMILES string of the molecule is N#Cc1cc(-c2nc(-c3ccccc3)nc3oc4ccccc4c23)ccc1-n1c2c(c3cc(-c4ccccc4)cc(N(c4ccccc4)c4ccccc4)c31)C=C(c1ccccc1)CC2. The Hall–Kier alpha value is -8.79. The highest BCUT2D eigenvalue weighted by Crippen LogP contribution is 2.48. The zero-order valence-corrected chi connectivity index (χ0v) is 35.3. The number of para-hydroxylation sites is 3. The summed E-state index contributed by atoms with van der Waals surface area (Å²) in [6, 6.07) is 73.9. The van der Waals surface area contributed by atoms with E-state index in [2.05, 4.69) is 167 Å². The van der Waals surface area contributed by atoms with Crippen LogP contribution in [0.3, 0.4) is 0 Å². The second-order valence-electron chi connectivity index (χ2n) is 16.4. The molecule has 0 saturated carbocycles. The van der Waals surface area contributed by atoms with E-state index in [9.17, 15) is 5.26 Å². The molecule has 11 aromatic rings. The van der Waals surface area contributed by atoms with Gasteiger partial charge in [0.2, 0.25) is 5.71 Å². The van der Waals surface area contributed by atoms with Gasteiger partial charge in [0, 0.05) is 44.5 Å². The van der Waals surface area contributed by atoms with Crippen molar-refractivity contribution in [2.45, 2.75) is 12.8 Å². The van der Waals surface area contributed by atoms with E-state index in [1.165, 1.54) is 11.1 Å². The average Bonchev–Trinajstić information content (AvgIpc) is 3.93. The minimum atomic E-state index is 0.505. The maximum Gasteiger partial charge on any atom is 0.231 e. The number of allylic oxidation sites excluding steroid dienone is 1. The van der Waals surface area contributed by atoms with Gasteiger partial charge in [-0.1, -0.05) is 152 Å². The number of nitrogens with zero attached hydrogens (tertiary/aromatic N) is 5. The van der Waals surface area contributed by atoms with Crippen LogP contribution in [-0.4, -0.2) is 14.5 Å². The Morgan fingerprint density at radius 2 is 1.15 bits per heavy atom. The van der Waals surface area contributed by atoms with Crippen molar-refractivity contribution >= 4 is 61.7 Å². The summed E-state index contributed by atoms with van der Waals surface area (Å²) in [5.41, 5.74) is 16.1. The van der Waals surface area contributed by atoms with E-state index in [0.717, 1.165) is 96.4 Å². The lowest BCUT2D eigenvalue weighted by atomic mass is 9.90. The predicted octanol–water partition coefficient (Wildman–Crippen LogP) is 15.1. The average molecular weight is 834 g/mol. The number of furan rings is 1. The first kappa shape index (κ1) is 37.9. The van der Waals surface area contributed by atoms with E-state index in [4.69, 9.17) is 14.4 Å². The second kappa shape index (κ2) is 15.8. The van der Waals surface area contributed by atoms with Crippen molar-refractivity contribution < 1.29 is 4.42 Å². The van der Waals surface area contributed by atoms with Crippen molar-refractivity contribution in [3.8, 4) is 45.5 Å². The molecule has 0 aliphatic heterocycles. The zero-order valence-electron chi connectivity index (χ0n) is 35.3. The van der Waals surface area contributed by atoms with Gasteiger partial charge in [-0.3, -0.25) is 0 Å². The van der Waals surface area contributed by atoms with Crippen LogP contribution in [-0.2, 0) is 6.42 Å². The number of benzene rings is 8. The van der Waals surface area contributed by atoms with Crippen LogP contribution in [0.4, 0.5) is 17.1 Å². The molecule has 0 unspecified atom stereocenters. The van der Waals surface area contributed by atoms with Crippen molar-refractivity contribution in [1.29, 1.82) is 5.26 Å². The molecular weight excluding hydrogens is 795 g/mol. The lowest BCUT2D eigenvalue weighted by molar-refractivity contribution is 0.653. The number of aromatic nitrogens is 3. The molecule has 12 rings (SSSR count). The predicted molar refractivity (Wildman–Crippen MR) is 264 cm³/mol. The van der Waals surface area contributed by atoms with E-state index in [1.54, 1.807) is 0 Å². The van der Waals surface area contributed by atoms with Crippen LogP contribution in [0, 0.1) is 11.3 Å². The largest absolute Gasteiger partial charge is 0.438 e. The fourth-order valence-electron chi connectivity index (χ4n) is 9.59. The molecular formula is C59H39N5O. The van der Waals surface area contributed by atoms with Crippen molar-refractivity contribution in [2.75, 3.05) is 4.90 Å². The van der Waals surface area contributed by atoms with Crippen molar-refractivity contribution in [2.24, 2.45) is 0 Å². The van der Waals surface area contributed by atoms with E-state index in [0.29, 0.717) is 22.8 Å². The quantitative estimate of drug-likeness (QED) is 0.152. The summed E-state index contributed by atoms with van der Waals surface area (Å²) < 4.78 is 8.75. The van der Waals surface area contributed by atoms with Crippen LogP contribution in [0.1, 0.15) is 28.8 Å². The third-order valence-corrected chi connectivity index (χ3v) is 12.6. The minimum absolute atomic E-state index is 0.505. The van der Waals surface area contributed by atoms with E-state index in [1.807, 2.05) is 60.7 Å². The molecule has 65 heavy (non-hydrogen) atoms. The van der Waals surface area contributed by atoms with Gasteiger partial charge in [0.1, 0.15) is 11.7 Å². The maximum atomic E-state index is 11.3. The molecule has 6 nitrogen and oxygen atoms in total. The zero-order chi connectivity index (χ0) is 43.3. The monoisotopic (exact) mass is 833 g/mol. The highest BCUT2D eigenvalue weighted by molar-refractivity contribution is 6.11. The molecule has 0 spiro atoms. The van der Waals surface area contributed by atoms with Crippen LogP contribution in [0.2, 0.25) is 0 Å². The van der Waals surface area contributed by atoms with Gasteiger partial charge in [-0.15, -0.1) is 0 Å². The molecule has 0 bridgehead atoms. The molecule has 0 radical (unpaired) electrons. The lowest BCUT2D eigenvalue weighted by Gasteiger charge is -2.28. The summed E-state index contributed by atoms with van der Waals surface area (Å²) in [5, 5.41) is 14.2. The molecule has 8 aromatic carbocycles. The number of hydrogen-bond acceptors (Lipinski definition) is 5. The van der Waals surface area contributed by atoms with Gasteiger partial charge in [-0.2, -0.15) is 10.2 Å². The summed E-state index contributed by atoms with van der Waals surface area (Å²) in [6.45, 7) is 0. The molecule has 1 aliphatic rings. The van der Waals surface area contributed by atoms with E-state index < -0.39 is 0 Å². The fraction of sp³-hybridized carbons (Fsp3) is 0.0339. The number of hydrogen-bond donors (Lipinski definition) is 0. The van der Waals surface area contributed by atoms with Crippen LogP contribution in [0.5, 0.6) is 0 Å². The van der Waals surface area contributed by atoms with Gasteiger partial charge < -0.3 is 13.9 Å². The first-order chi connectivity index (χ1) is 32.2. The van der Waals surface area contributed by atoms with E-state index in [-0.39, 0.29) is 0 Å². The number of fused-ring (bicyclic) bond motifs is 6. The molecule has 3 aromatic heterocycles. The normalized spacial score (nSPS) is 12.3. The minimum Gasteiger partial charge on any atom is -0.438 e. The van der Waals surface area contributed by atoms with Crippen LogP contribution in [0.25, 0.3) is 84.1 Å². The first-order valence-corrected chi connectivity index (χ1v) is 21.9. The summed E-state index contributed by atoms with van der Waals surface area (Å²) in [6.07, 6.45) is 4.01. The molecule has 0 amide bonds. The van der Waals surface area contributed by atoms with Crippen molar-refractivity contribution in [1.82, 2.24) is 14.5 Å². The number of nitriles is 1. The van der Waals surface area contributed by atoms with Crippen LogP contribution >= 0.6 is 0 Å². The van der Waals surface area contributed by atoms with Crippen LogP contribution in [0.15, 0.2) is 211 Å². The summed E-state index contributed by atoms with van der Waals surface area (Å²) in [4.78, 5) is 12.5. The Morgan fingerprint density at radius 1 is 0.538 bits per heavy atom. The Morgan fingerprint density at radius 3 is 1.83 bits per heavy atom. The highest BCUT2D eigenvalue weighted by atomic mass is 16.3. The molecule has 1 aliphatic carbocycles. The Balaban J connectivity index is 1.16. The Kier molecular flexibility index (Phi) is 9.24.